The van der Waals surface area contributed by atoms with Crippen LogP contribution in [0.4, 0.5) is 5.95 Å². The zero-order valence-corrected chi connectivity index (χ0v) is 9.98. The molecule has 1 heterocycles. The maximum Gasteiger partial charge on any atom is 0.221 e. The van der Waals surface area contributed by atoms with Gasteiger partial charge in [-0.25, -0.2) is 9.97 Å². The number of nitrogens with zero attached hydrogens (tertiary/aromatic N) is 2. The van der Waals surface area contributed by atoms with Gasteiger partial charge in [0.2, 0.25) is 5.95 Å². The van der Waals surface area contributed by atoms with E-state index in [1.807, 2.05) is 0 Å². The molecule has 0 unspecified atom stereocenters. The van der Waals surface area contributed by atoms with E-state index in [1.54, 1.807) is 0 Å². The Bertz CT molecular complexity index is 350. The molecule has 1 aromatic rings. The Kier molecular flexibility index (Phi) is 2.93. The first-order valence-corrected chi connectivity index (χ1v) is 5.84. The first-order chi connectivity index (χ1) is 6.68. The van der Waals surface area contributed by atoms with Crippen molar-refractivity contribution in [2.75, 3.05) is 5.73 Å². The van der Waals surface area contributed by atoms with Gasteiger partial charge in [0, 0.05) is 5.92 Å². The zero-order chi connectivity index (χ0) is 10.1. The van der Waals surface area contributed by atoms with E-state index in [2.05, 4.69) is 25.9 Å². The molecule has 0 bridgehead atoms. The fourth-order valence-corrected chi connectivity index (χ4v) is 2.61. The van der Waals surface area contributed by atoms with E-state index in [0.717, 1.165) is 10.2 Å². The Morgan fingerprint density at radius 2 is 1.93 bits per heavy atom. The quantitative estimate of drug-likeness (QED) is 0.802. The first-order valence-electron chi connectivity index (χ1n) is 4.67. The number of anilines is 1. The lowest BCUT2D eigenvalue weighted by Gasteiger charge is -2.11. The fraction of sp³-hybridized carbons (Fsp3) is 0.556. The van der Waals surface area contributed by atoms with Gasteiger partial charge in [-0.3, -0.25) is 0 Å². The molecule has 3 nitrogen and oxygen atoms in total. The van der Waals surface area contributed by atoms with Crippen LogP contribution in [0.2, 0.25) is 5.15 Å². The number of aromatic nitrogens is 2. The van der Waals surface area contributed by atoms with Crippen molar-refractivity contribution in [3.63, 3.8) is 0 Å². The molecular formula is C9H11BrClN3. The summed E-state index contributed by atoms with van der Waals surface area (Å²) in [6.07, 6.45) is 4.87. The van der Waals surface area contributed by atoms with Crippen LogP contribution < -0.4 is 5.73 Å². The van der Waals surface area contributed by atoms with Gasteiger partial charge in [0.15, 0.2) is 0 Å². The largest absolute Gasteiger partial charge is 0.368 e. The van der Waals surface area contributed by atoms with Gasteiger partial charge in [0.05, 0.1) is 10.2 Å². The van der Waals surface area contributed by atoms with E-state index in [9.17, 15) is 0 Å². The summed E-state index contributed by atoms with van der Waals surface area (Å²) in [5.41, 5.74) is 6.54. The molecule has 0 amide bonds. The van der Waals surface area contributed by atoms with E-state index in [-0.39, 0.29) is 5.95 Å². The maximum absolute atomic E-state index is 5.92. The molecule has 0 radical (unpaired) electrons. The van der Waals surface area contributed by atoms with Crippen LogP contribution >= 0.6 is 27.5 Å². The molecule has 0 aromatic carbocycles. The van der Waals surface area contributed by atoms with Crippen LogP contribution in [-0.2, 0) is 0 Å². The molecule has 14 heavy (non-hydrogen) atoms. The second-order valence-electron chi connectivity index (χ2n) is 3.55. The monoisotopic (exact) mass is 275 g/mol. The minimum atomic E-state index is 0.264. The van der Waals surface area contributed by atoms with Gasteiger partial charge >= 0.3 is 0 Å². The molecule has 0 saturated heterocycles. The molecule has 1 aliphatic carbocycles. The maximum atomic E-state index is 5.92. The van der Waals surface area contributed by atoms with E-state index >= 15 is 0 Å². The molecule has 2 rings (SSSR count). The Morgan fingerprint density at radius 3 is 2.57 bits per heavy atom. The Balaban J connectivity index is 2.40. The lowest BCUT2D eigenvalue weighted by molar-refractivity contribution is 0.691. The summed E-state index contributed by atoms with van der Waals surface area (Å²) < 4.78 is 0.806. The predicted molar refractivity (Wildman–Crippen MR) is 60.4 cm³/mol. The molecule has 1 saturated carbocycles. The molecule has 76 valence electrons. The average molecular weight is 277 g/mol. The normalized spacial score (nSPS) is 17.6. The summed E-state index contributed by atoms with van der Waals surface area (Å²) in [5, 5.41) is 0.416. The van der Waals surface area contributed by atoms with E-state index in [0.29, 0.717) is 11.1 Å². The summed E-state index contributed by atoms with van der Waals surface area (Å²) >= 11 is 9.33. The van der Waals surface area contributed by atoms with Gasteiger partial charge in [-0.1, -0.05) is 24.4 Å². The minimum absolute atomic E-state index is 0.264. The summed E-state index contributed by atoms with van der Waals surface area (Å²) in [5.74, 6) is 0.757. The van der Waals surface area contributed by atoms with Crippen molar-refractivity contribution >= 4 is 33.5 Å². The van der Waals surface area contributed by atoms with Gasteiger partial charge in [0.1, 0.15) is 5.15 Å². The third-order valence-electron chi connectivity index (χ3n) is 2.60. The van der Waals surface area contributed by atoms with Crippen LogP contribution in [0.15, 0.2) is 4.47 Å². The summed E-state index contributed by atoms with van der Waals surface area (Å²) in [4.78, 5) is 8.14. The van der Waals surface area contributed by atoms with Crippen LogP contribution in [0.5, 0.6) is 0 Å². The SMILES string of the molecule is Nc1nc(Cl)c(Br)c(C2CCCC2)n1. The van der Waals surface area contributed by atoms with E-state index < -0.39 is 0 Å². The third-order valence-corrected chi connectivity index (χ3v) is 3.88. The average Bonchev–Trinajstić information content (AvgIpc) is 2.63. The van der Waals surface area contributed by atoms with Crippen LogP contribution in [0.1, 0.15) is 37.3 Å². The van der Waals surface area contributed by atoms with E-state index in [1.165, 1.54) is 25.7 Å². The number of halogens is 2. The van der Waals surface area contributed by atoms with Crippen molar-refractivity contribution in [3.05, 3.63) is 15.3 Å². The highest BCUT2D eigenvalue weighted by Crippen LogP contribution is 2.38. The summed E-state index contributed by atoms with van der Waals surface area (Å²) in [6, 6.07) is 0. The van der Waals surface area contributed by atoms with Gasteiger partial charge < -0.3 is 5.73 Å². The van der Waals surface area contributed by atoms with Gasteiger partial charge in [0.25, 0.3) is 0 Å². The summed E-state index contributed by atoms with van der Waals surface area (Å²) in [7, 11) is 0. The van der Waals surface area contributed by atoms with Crippen LogP contribution in [-0.4, -0.2) is 9.97 Å². The number of rotatable bonds is 1. The fourth-order valence-electron chi connectivity index (χ4n) is 1.92. The number of hydrogen-bond acceptors (Lipinski definition) is 3. The van der Waals surface area contributed by atoms with Crippen LogP contribution in [0.3, 0.4) is 0 Å². The molecule has 1 aliphatic rings. The van der Waals surface area contributed by atoms with Crippen molar-refractivity contribution in [2.45, 2.75) is 31.6 Å². The topological polar surface area (TPSA) is 51.8 Å². The lowest BCUT2D eigenvalue weighted by atomic mass is 10.0. The lowest BCUT2D eigenvalue weighted by Crippen LogP contribution is -2.04. The first kappa shape index (κ1) is 10.2. The highest BCUT2D eigenvalue weighted by molar-refractivity contribution is 9.10. The van der Waals surface area contributed by atoms with Crippen molar-refractivity contribution < 1.29 is 0 Å². The van der Waals surface area contributed by atoms with Crippen LogP contribution in [0.25, 0.3) is 0 Å². The third kappa shape index (κ3) is 1.86. The number of nitrogens with two attached hydrogens (primary N) is 1. The second kappa shape index (κ2) is 4.03. The van der Waals surface area contributed by atoms with Crippen molar-refractivity contribution in [3.8, 4) is 0 Å². The molecule has 2 N–H and O–H groups in total. The van der Waals surface area contributed by atoms with Crippen molar-refractivity contribution in [1.29, 1.82) is 0 Å². The van der Waals surface area contributed by atoms with Crippen molar-refractivity contribution in [1.82, 2.24) is 9.97 Å². The molecule has 0 spiro atoms. The van der Waals surface area contributed by atoms with Crippen LogP contribution in [0, 0.1) is 0 Å². The molecule has 1 fully saturated rings. The predicted octanol–water partition coefficient (Wildman–Crippen LogP) is 3.13. The minimum Gasteiger partial charge on any atom is -0.368 e. The Morgan fingerprint density at radius 1 is 1.29 bits per heavy atom. The molecule has 5 heteroatoms. The van der Waals surface area contributed by atoms with Gasteiger partial charge in [-0.05, 0) is 28.8 Å². The van der Waals surface area contributed by atoms with Crippen molar-refractivity contribution in [2.24, 2.45) is 0 Å². The molecular weight excluding hydrogens is 265 g/mol. The number of hydrogen-bond donors (Lipinski definition) is 1. The Labute approximate surface area is 96.2 Å². The highest BCUT2D eigenvalue weighted by Gasteiger charge is 2.22. The summed E-state index contributed by atoms with van der Waals surface area (Å²) in [6.45, 7) is 0. The molecule has 1 aromatic heterocycles. The molecule has 0 atom stereocenters. The smallest absolute Gasteiger partial charge is 0.221 e. The number of nitrogen functional groups attached to an aromatic ring is 1. The van der Waals surface area contributed by atoms with E-state index in [4.69, 9.17) is 17.3 Å². The highest BCUT2D eigenvalue weighted by atomic mass is 79.9. The van der Waals surface area contributed by atoms with Gasteiger partial charge in [-0.15, -0.1) is 0 Å². The second-order valence-corrected chi connectivity index (χ2v) is 4.70. The van der Waals surface area contributed by atoms with Gasteiger partial charge in [-0.2, -0.15) is 0 Å². The zero-order valence-electron chi connectivity index (χ0n) is 7.63. The molecule has 0 aliphatic heterocycles. The standard InChI is InChI=1S/C9H11BrClN3/c10-6-7(5-3-1-2-4-5)13-9(12)14-8(6)11/h5H,1-4H2,(H2,12,13,14). The Hall–Kier alpha value is -0.350.